The van der Waals surface area contributed by atoms with Crippen LogP contribution in [-0.2, 0) is 0 Å². The van der Waals surface area contributed by atoms with Crippen LogP contribution in [0.4, 0.5) is 10.1 Å². The van der Waals surface area contributed by atoms with Gasteiger partial charge in [-0.25, -0.2) is 4.39 Å². The molecule has 0 saturated carbocycles. The van der Waals surface area contributed by atoms with Crippen LogP contribution in [0.3, 0.4) is 0 Å². The highest BCUT2D eigenvalue weighted by Crippen LogP contribution is 2.24. The third-order valence-electron chi connectivity index (χ3n) is 3.80. The lowest BCUT2D eigenvalue weighted by Gasteiger charge is -2.24. The smallest absolute Gasteiger partial charge is 0.146 e. The number of anilines is 1. The maximum absolute atomic E-state index is 14.2. The fourth-order valence-electron chi connectivity index (χ4n) is 2.62. The topological polar surface area (TPSA) is 46.9 Å². The summed E-state index contributed by atoms with van der Waals surface area (Å²) in [6.07, 6.45) is 0.306. The molecule has 2 rings (SSSR count). The fraction of sp³-hybridized carbons (Fsp3) is 0.600. The number of hydrogen-bond donors (Lipinski definition) is 2. The van der Waals surface area contributed by atoms with E-state index < -0.39 is 6.10 Å². The van der Waals surface area contributed by atoms with Crippen LogP contribution >= 0.6 is 0 Å². The summed E-state index contributed by atoms with van der Waals surface area (Å²) in [5.41, 5.74) is 1.20. The van der Waals surface area contributed by atoms with Gasteiger partial charge in [0.15, 0.2) is 0 Å². The van der Waals surface area contributed by atoms with Crippen molar-refractivity contribution in [3.63, 3.8) is 0 Å². The fourth-order valence-corrected chi connectivity index (χ4v) is 2.62. The van der Waals surface area contributed by atoms with E-state index in [1.165, 1.54) is 6.07 Å². The van der Waals surface area contributed by atoms with Gasteiger partial charge < -0.3 is 15.1 Å². The van der Waals surface area contributed by atoms with E-state index in [9.17, 15) is 9.50 Å². The zero-order valence-electron chi connectivity index (χ0n) is 11.9. The van der Waals surface area contributed by atoms with E-state index in [1.54, 1.807) is 19.1 Å². The van der Waals surface area contributed by atoms with E-state index in [-0.39, 0.29) is 12.4 Å². The second-order valence-corrected chi connectivity index (χ2v) is 5.29. The second-order valence-electron chi connectivity index (χ2n) is 5.29. The van der Waals surface area contributed by atoms with Crippen molar-refractivity contribution in [1.29, 1.82) is 0 Å². The molecule has 1 aromatic carbocycles. The lowest BCUT2D eigenvalue weighted by atomic mass is 10.1. The van der Waals surface area contributed by atoms with Crippen LogP contribution in [-0.4, -0.2) is 54.4 Å². The molecule has 0 unspecified atom stereocenters. The average Bonchev–Trinajstić information content (AvgIpc) is 2.65. The summed E-state index contributed by atoms with van der Waals surface area (Å²) in [6, 6.07) is 4.94. The average molecular weight is 282 g/mol. The molecule has 0 radical (unpaired) electrons. The van der Waals surface area contributed by atoms with Crippen molar-refractivity contribution in [3.05, 3.63) is 29.6 Å². The van der Waals surface area contributed by atoms with Gasteiger partial charge in [-0.3, -0.25) is 4.90 Å². The molecule has 5 heteroatoms. The SMILES string of the molecule is C[C@@H](O)c1ccc(N2CCCN(CCO)CC2)c(F)c1. The Bertz CT molecular complexity index is 440. The Morgan fingerprint density at radius 1 is 1.25 bits per heavy atom. The molecule has 1 aromatic rings. The summed E-state index contributed by atoms with van der Waals surface area (Å²) in [4.78, 5) is 4.24. The number of aliphatic hydroxyl groups is 2. The Labute approximate surface area is 119 Å². The number of aliphatic hydroxyl groups excluding tert-OH is 2. The third kappa shape index (κ3) is 3.69. The van der Waals surface area contributed by atoms with Crippen LogP contribution < -0.4 is 4.90 Å². The van der Waals surface area contributed by atoms with Gasteiger partial charge in [-0.05, 0) is 37.6 Å². The summed E-state index contributed by atoms with van der Waals surface area (Å²) in [7, 11) is 0. The molecule has 20 heavy (non-hydrogen) atoms. The van der Waals surface area contributed by atoms with Gasteiger partial charge in [-0.2, -0.15) is 0 Å². The highest BCUT2D eigenvalue weighted by Gasteiger charge is 2.18. The van der Waals surface area contributed by atoms with Gasteiger partial charge in [-0.15, -0.1) is 0 Å². The minimum absolute atomic E-state index is 0.164. The predicted octanol–water partition coefficient (Wildman–Crippen LogP) is 1.38. The number of β-amino-alcohol motifs (C(OH)–C–C–N with tert-alkyl or cyclic N) is 1. The zero-order chi connectivity index (χ0) is 14.5. The van der Waals surface area contributed by atoms with Crippen molar-refractivity contribution < 1.29 is 14.6 Å². The molecule has 2 N–H and O–H groups in total. The molecule has 0 aromatic heterocycles. The van der Waals surface area contributed by atoms with Crippen LogP contribution in [0.1, 0.15) is 25.0 Å². The molecule has 0 spiro atoms. The van der Waals surface area contributed by atoms with Crippen molar-refractivity contribution in [2.75, 3.05) is 44.2 Å². The van der Waals surface area contributed by atoms with Crippen molar-refractivity contribution >= 4 is 5.69 Å². The molecule has 0 bridgehead atoms. The summed E-state index contributed by atoms with van der Waals surface area (Å²) < 4.78 is 14.2. The van der Waals surface area contributed by atoms with Gasteiger partial charge in [0.25, 0.3) is 0 Å². The van der Waals surface area contributed by atoms with E-state index in [4.69, 9.17) is 5.11 Å². The van der Waals surface area contributed by atoms with Gasteiger partial charge in [0, 0.05) is 26.2 Å². The number of benzene rings is 1. The molecule has 112 valence electrons. The molecule has 1 heterocycles. The molecular weight excluding hydrogens is 259 g/mol. The van der Waals surface area contributed by atoms with E-state index in [1.807, 2.05) is 4.90 Å². The van der Waals surface area contributed by atoms with Crippen LogP contribution in [0.25, 0.3) is 0 Å². The first-order valence-electron chi connectivity index (χ1n) is 7.17. The zero-order valence-corrected chi connectivity index (χ0v) is 11.9. The molecule has 1 atom stereocenters. The predicted molar refractivity (Wildman–Crippen MR) is 77.4 cm³/mol. The van der Waals surface area contributed by atoms with E-state index in [0.717, 1.165) is 32.6 Å². The summed E-state index contributed by atoms with van der Waals surface area (Å²) in [6.45, 7) is 5.81. The molecule has 1 aliphatic heterocycles. The number of nitrogens with zero attached hydrogens (tertiary/aromatic N) is 2. The van der Waals surface area contributed by atoms with Crippen molar-refractivity contribution in [2.24, 2.45) is 0 Å². The first kappa shape index (κ1) is 15.2. The molecule has 4 nitrogen and oxygen atoms in total. The van der Waals surface area contributed by atoms with Crippen LogP contribution in [0.5, 0.6) is 0 Å². The van der Waals surface area contributed by atoms with E-state index in [2.05, 4.69) is 4.90 Å². The highest BCUT2D eigenvalue weighted by molar-refractivity contribution is 5.49. The van der Waals surface area contributed by atoms with E-state index in [0.29, 0.717) is 17.8 Å². The van der Waals surface area contributed by atoms with Crippen LogP contribution in [0.2, 0.25) is 0 Å². The molecule has 1 fully saturated rings. The summed E-state index contributed by atoms with van der Waals surface area (Å²) in [5.74, 6) is -0.279. The first-order chi connectivity index (χ1) is 9.61. The third-order valence-corrected chi connectivity index (χ3v) is 3.80. The second kappa shape index (κ2) is 7.02. The minimum atomic E-state index is -0.650. The van der Waals surface area contributed by atoms with Gasteiger partial charge in [-0.1, -0.05) is 6.07 Å². The lowest BCUT2D eigenvalue weighted by Crippen LogP contribution is -2.32. The van der Waals surface area contributed by atoms with Crippen molar-refractivity contribution in [2.45, 2.75) is 19.4 Å². The highest BCUT2D eigenvalue weighted by atomic mass is 19.1. The quantitative estimate of drug-likeness (QED) is 0.876. The standard InChI is InChI=1S/C15H23FN2O2/c1-12(20)13-3-4-15(14(16)11-13)18-6-2-5-17(7-8-18)9-10-19/h3-4,11-12,19-20H,2,5-10H2,1H3/t12-/m1/s1. The molecule has 0 amide bonds. The Morgan fingerprint density at radius 2 is 2.05 bits per heavy atom. The number of halogens is 1. The Kier molecular flexibility index (Phi) is 5.34. The van der Waals surface area contributed by atoms with Crippen molar-refractivity contribution in [1.82, 2.24) is 4.90 Å². The summed E-state index contributed by atoms with van der Waals surface area (Å²) in [5, 5.41) is 18.5. The van der Waals surface area contributed by atoms with Gasteiger partial charge in [0.05, 0.1) is 18.4 Å². The largest absolute Gasteiger partial charge is 0.395 e. The molecular formula is C15H23FN2O2. The Hall–Kier alpha value is -1.17. The summed E-state index contributed by atoms with van der Waals surface area (Å²) >= 11 is 0. The van der Waals surface area contributed by atoms with E-state index >= 15 is 0 Å². The Balaban J connectivity index is 2.07. The first-order valence-corrected chi connectivity index (χ1v) is 7.17. The normalized spacial score (nSPS) is 18.9. The van der Waals surface area contributed by atoms with Gasteiger partial charge >= 0.3 is 0 Å². The number of hydrogen-bond acceptors (Lipinski definition) is 4. The van der Waals surface area contributed by atoms with Crippen molar-refractivity contribution in [3.8, 4) is 0 Å². The van der Waals surface area contributed by atoms with Gasteiger partial charge in [0.2, 0.25) is 0 Å². The molecule has 1 aliphatic rings. The maximum Gasteiger partial charge on any atom is 0.146 e. The number of rotatable bonds is 4. The lowest BCUT2D eigenvalue weighted by molar-refractivity contribution is 0.199. The Morgan fingerprint density at radius 3 is 2.70 bits per heavy atom. The van der Waals surface area contributed by atoms with Crippen LogP contribution in [0, 0.1) is 5.82 Å². The maximum atomic E-state index is 14.2. The van der Waals surface area contributed by atoms with Gasteiger partial charge in [0.1, 0.15) is 5.82 Å². The minimum Gasteiger partial charge on any atom is -0.395 e. The molecule has 0 aliphatic carbocycles. The van der Waals surface area contributed by atoms with Crippen LogP contribution in [0.15, 0.2) is 18.2 Å². The monoisotopic (exact) mass is 282 g/mol. The molecule has 1 saturated heterocycles.